The number of hydrogen-bond acceptors (Lipinski definition) is 5. The molecule has 0 radical (unpaired) electrons. The van der Waals surface area contributed by atoms with E-state index in [4.69, 9.17) is 23.8 Å². The fourth-order valence-corrected chi connectivity index (χ4v) is 11.0. The Hall–Kier alpha value is -10.2. The zero-order chi connectivity index (χ0) is 49.4. The van der Waals surface area contributed by atoms with Gasteiger partial charge in [0.25, 0.3) is 0 Å². The number of fused-ring (bicyclic) bond motifs is 9. The number of rotatable bonds is 8. The third-order valence-electron chi connectivity index (χ3n) is 14.7. The number of furan rings is 2. The number of hydrogen-bond donors (Lipinski definition) is 0. The molecule has 0 spiro atoms. The summed E-state index contributed by atoms with van der Waals surface area (Å²) < 4.78 is 15.8. The van der Waals surface area contributed by atoms with Crippen LogP contribution in [0.4, 0.5) is 0 Å². The molecular formula is C69H42N4O2. The summed E-state index contributed by atoms with van der Waals surface area (Å²) in [6.45, 7) is 0. The van der Waals surface area contributed by atoms with Gasteiger partial charge in [-0.1, -0.05) is 194 Å². The fraction of sp³-hybridized carbons (Fsp3) is 0. The molecule has 4 aromatic heterocycles. The van der Waals surface area contributed by atoms with Gasteiger partial charge in [0.15, 0.2) is 17.5 Å². The zero-order valence-electron chi connectivity index (χ0n) is 40.4. The molecule has 15 rings (SSSR count). The van der Waals surface area contributed by atoms with Crippen molar-refractivity contribution in [3.63, 3.8) is 0 Å². The third-order valence-corrected chi connectivity index (χ3v) is 14.7. The molecule has 6 heteroatoms. The van der Waals surface area contributed by atoms with Crippen LogP contribution in [0.25, 0.3) is 150 Å². The Balaban J connectivity index is 0.860. The van der Waals surface area contributed by atoms with Crippen molar-refractivity contribution in [1.82, 2.24) is 19.5 Å². The van der Waals surface area contributed by atoms with Crippen LogP contribution in [0.5, 0.6) is 0 Å². The Labute approximate surface area is 431 Å². The Morgan fingerprint density at radius 2 is 0.747 bits per heavy atom. The molecule has 0 amide bonds. The van der Waals surface area contributed by atoms with Crippen molar-refractivity contribution in [3.05, 3.63) is 255 Å². The maximum Gasteiger partial charge on any atom is 0.167 e. The number of nitrogens with zero attached hydrogens (tertiary/aromatic N) is 4. The molecule has 0 bridgehead atoms. The van der Waals surface area contributed by atoms with Gasteiger partial charge in [-0.05, 0) is 93.5 Å². The van der Waals surface area contributed by atoms with Crippen LogP contribution in [-0.2, 0) is 0 Å². The van der Waals surface area contributed by atoms with Crippen molar-refractivity contribution >= 4 is 65.7 Å². The van der Waals surface area contributed by atoms with Crippen molar-refractivity contribution in [2.45, 2.75) is 0 Å². The first kappa shape index (κ1) is 42.5. The van der Waals surface area contributed by atoms with Gasteiger partial charge in [0, 0.05) is 55.1 Å². The van der Waals surface area contributed by atoms with E-state index in [1.165, 1.54) is 21.9 Å². The molecule has 6 nitrogen and oxygen atoms in total. The Morgan fingerprint density at radius 3 is 1.53 bits per heavy atom. The summed E-state index contributed by atoms with van der Waals surface area (Å²) in [5, 5.41) is 6.55. The van der Waals surface area contributed by atoms with E-state index in [1.54, 1.807) is 0 Å². The molecule has 75 heavy (non-hydrogen) atoms. The molecule has 11 aromatic carbocycles. The predicted molar refractivity (Wildman–Crippen MR) is 307 cm³/mol. The monoisotopic (exact) mass is 958 g/mol. The molecule has 4 heterocycles. The van der Waals surface area contributed by atoms with Crippen LogP contribution in [0.3, 0.4) is 0 Å². The first-order valence-electron chi connectivity index (χ1n) is 25.2. The molecule has 350 valence electrons. The van der Waals surface area contributed by atoms with E-state index >= 15 is 0 Å². The molecule has 0 unspecified atom stereocenters. The minimum atomic E-state index is 0.543. The van der Waals surface area contributed by atoms with Gasteiger partial charge in [-0.15, -0.1) is 0 Å². The van der Waals surface area contributed by atoms with Crippen LogP contribution in [0.15, 0.2) is 264 Å². The van der Waals surface area contributed by atoms with E-state index < -0.39 is 0 Å². The van der Waals surface area contributed by atoms with Crippen molar-refractivity contribution in [3.8, 4) is 84.4 Å². The zero-order valence-corrected chi connectivity index (χ0v) is 40.4. The highest BCUT2D eigenvalue weighted by Crippen LogP contribution is 2.44. The van der Waals surface area contributed by atoms with Crippen molar-refractivity contribution in [1.29, 1.82) is 0 Å². The summed E-state index contributed by atoms with van der Waals surface area (Å²) in [4.78, 5) is 15.3. The average Bonchev–Trinajstić information content (AvgIpc) is 4.21. The lowest BCUT2D eigenvalue weighted by Gasteiger charge is -2.16. The Morgan fingerprint density at radius 1 is 0.253 bits per heavy atom. The number of aromatic nitrogens is 4. The van der Waals surface area contributed by atoms with E-state index in [9.17, 15) is 0 Å². The summed E-state index contributed by atoms with van der Waals surface area (Å²) >= 11 is 0. The minimum Gasteiger partial charge on any atom is -0.456 e. The maximum atomic E-state index is 6.79. The van der Waals surface area contributed by atoms with Crippen molar-refractivity contribution in [2.24, 2.45) is 0 Å². The van der Waals surface area contributed by atoms with Gasteiger partial charge < -0.3 is 13.4 Å². The second kappa shape index (κ2) is 17.3. The average molecular weight is 959 g/mol. The molecule has 0 fully saturated rings. The topological polar surface area (TPSA) is 69.9 Å². The van der Waals surface area contributed by atoms with Gasteiger partial charge in [-0.3, -0.25) is 0 Å². The van der Waals surface area contributed by atoms with Gasteiger partial charge in [0.05, 0.1) is 22.3 Å². The van der Waals surface area contributed by atoms with E-state index in [-0.39, 0.29) is 0 Å². The van der Waals surface area contributed by atoms with Gasteiger partial charge in [-0.25, -0.2) is 15.0 Å². The SMILES string of the molecule is c1ccc(-c2ccc(-c3nc(-c4ccccc4)nc(-c4cccc5c4oc4ccc(-c6cccc(-c7cc8c(cc7-n7c9ccccc9c9cc(-c%10ccccc%10)ccc97)oc7ccccc78)c6)cc45)n3)cc2)cc1. The van der Waals surface area contributed by atoms with Crippen molar-refractivity contribution in [2.75, 3.05) is 0 Å². The summed E-state index contributed by atoms with van der Waals surface area (Å²) in [5.74, 6) is 1.73. The Kier molecular flexibility index (Phi) is 9.78. The third kappa shape index (κ3) is 7.22. The lowest BCUT2D eigenvalue weighted by Crippen LogP contribution is -2.00. The van der Waals surface area contributed by atoms with Crippen LogP contribution >= 0.6 is 0 Å². The molecule has 0 saturated heterocycles. The maximum absolute atomic E-state index is 6.79. The number of benzene rings is 11. The second-order valence-electron chi connectivity index (χ2n) is 19.1. The molecule has 0 aliphatic heterocycles. The fourth-order valence-electron chi connectivity index (χ4n) is 11.0. The first-order valence-corrected chi connectivity index (χ1v) is 25.2. The molecule has 15 aromatic rings. The normalized spacial score (nSPS) is 11.7. The molecule has 0 aliphatic rings. The van der Waals surface area contributed by atoms with E-state index in [0.717, 1.165) is 111 Å². The Bertz CT molecular complexity index is 4690. The van der Waals surface area contributed by atoms with Crippen LogP contribution < -0.4 is 0 Å². The van der Waals surface area contributed by atoms with Gasteiger partial charge in [0.2, 0.25) is 0 Å². The van der Waals surface area contributed by atoms with E-state index in [0.29, 0.717) is 17.5 Å². The molecule has 0 aliphatic carbocycles. The van der Waals surface area contributed by atoms with Crippen molar-refractivity contribution < 1.29 is 8.83 Å². The highest BCUT2D eigenvalue weighted by molar-refractivity contribution is 6.14. The molecule has 0 saturated carbocycles. The lowest BCUT2D eigenvalue weighted by molar-refractivity contribution is 0.668. The van der Waals surface area contributed by atoms with Gasteiger partial charge in [0.1, 0.15) is 22.3 Å². The van der Waals surface area contributed by atoms with Crippen LogP contribution in [-0.4, -0.2) is 19.5 Å². The highest BCUT2D eigenvalue weighted by Gasteiger charge is 2.22. The highest BCUT2D eigenvalue weighted by atomic mass is 16.3. The standard InChI is InChI=1S/C69H42N4O2/c1-4-16-43(17-5-1)45-30-32-47(33-31-45)68-70-67(46-20-8-3-9-21-46)71-69(72-68)55-27-15-26-54-58-40-50(35-37-64(58)75-66(54)55)48-22-14-23-51(38-48)56-41-59-53-25-11-13-29-63(53)74-65(59)42-62(56)73-60-28-12-10-24-52(60)57-39-49(34-36-61(57)73)44-18-6-2-7-19-44/h1-42H. The molecule has 0 atom stereocenters. The molecular weight excluding hydrogens is 917 g/mol. The van der Waals surface area contributed by atoms with E-state index in [1.807, 2.05) is 48.5 Å². The second-order valence-corrected chi connectivity index (χ2v) is 19.1. The van der Waals surface area contributed by atoms with Crippen LogP contribution in [0, 0.1) is 0 Å². The summed E-state index contributed by atoms with van der Waals surface area (Å²) in [6, 6.07) is 89.5. The molecule has 0 N–H and O–H groups in total. The quantitative estimate of drug-likeness (QED) is 0.152. The lowest BCUT2D eigenvalue weighted by atomic mass is 9.95. The minimum absolute atomic E-state index is 0.543. The number of para-hydroxylation sites is 3. The largest absolute Gasteiger partial charge is 0.456 e. The summed E-state index contributed by atoms with van der Waals surface area (Å²) in [6.07, 6.45) is 0. The van der Waals surface area contributed by atoms with Crippen LogP contribution in [0.1, 0.15) is 0 Å². The summed E-state index contributed by atoms with van der Waals surface area (Å²) in [7, 11) is 0. The van der Waals surface area contributed by atoms with Gasteiger partial charge >= 0.3 is 0 Å². The van der Waals surface area contributed by atoms with E-state index in [2.05, 4.69) is 211 Å². The van der Waals surface area contributed by atoms with Crippen LogP contribution in [0.2, 0.25) is 0 Å². The van der Waals surface area contributed by atoms with Gasteiger partial charge in [-0.2, -0.15) is 0 Å². The first-order chi connectivity index (χ1) is 37.1. The predicted octanol–water partition coefficient (Wildman–Crippen LogP) is 18.4. The smallest absolute Gasteiger partial charge is 0.167 e. The summed E-state index contributed by atoms with van der Waals surface area (Å²) in [5.41, 5.74) is 18.1.